The van der Waals surface area contributed by atoms with E-state index in [2.05, 4.69) is 16.6 Å². The molecule has 1 aromatic carbocycles. The molecule has 1 aromatic rings. The van der Waals surface area contributed by atoms with E-state index in [0.29, 0.717) is 24.0 Å². The van der Waals surface area contributed by atoms with Gasteiger partial charge in [-0.1, -0.05) is 6.07 Å². The molecule has 1 fully saturated rings. The van der Waals surface area contributed by atoms with Crippen molar-refractivity contribution in [2.24, 2.45) is 0 Å². The van der Waals surface area contributed by atoms with E-state index in [1.54, 1.807) is 12.1 Å². The zero-order chi connectivity index (χ0) is 15.9. The van der Waals surface area contributed by atoms with Crippen molar-refractivity contribution in [3.63, 3.8) is 0 Å². The van der Waals surface area contributed by atoms with Crippen LogP contribution in [0, 0.1) is 5.82 Å². The molecule has 0 spiro atoms. The Hall–Kier alpha value is -1.66. The first kappa shape index (κ1) is 16.7. The molecule has 0 radical (unpaired) electrons. The van der Waals surface area contributed by atoms with E-state index in [9.17, 15) is 9.18 Å². The van der Waals surface area contributed by atoms with E-state index in [1.165, 1.54) is 13.2 Å². The average molecular weight is 311 g/mol. The van der Waals surface area contributed by atoms with Crippen molar-refractivity contribution in [2.75, 3.05) is 40.0 Å². The van der Waals surface area contributed by atoms with E-state index < -0.39 is 11.8 Å². The summed E-state index contributed by atoms with van der Waals surface area (Å²) in [6.07, 6.45) is -0.0755. The first-order valence-electron chi connectivity index (χ1n) is 7.40. The third-order valence-electron chi connectivity index (χ3n) is 3.74. The fourth-order valence-electron chi connectivity index (χ4n) is 2.36. The van der Waals surface area contributed by atoms with Gasteiger partial charge < -0.3 is 14.2 Å². The van der Waals surface area contributed by atoms with E-state index in [4.69, 9.17) is 9.47 Å². The second kappa shape index (κ2) is 8.10. The molecular weight excluding hydrogens is 289 g/mol. The van der Waals surface area contributed by atoms with Gasteiger partial charge in [0.2, 0.25) is 0 Å². The molecule has 5 nitrogen and oxygen atoms in total. The van der Waals surface area contributed by atoms with E-state index in [1.807, 2.05) is 0 Å². The number of esters is 1. The highest BCUT2D eigenvalue weighted by Gasteiger charge is 2.18. The molecule has 0 aromatic heterocycles. The van der Waals surface area contributed by atoms with Crippen LogP contribution < -0.4 is 4.74 Å². The summed E-state index contributed by atoms with van der Waals surface area (Å²) in [5.74, 6) is -0.455. The number of ether oxygens (including phenoxy) is 3. The van der Waals surface area contributed by atoms with Crippen molar-refractivity contribution in [1.82, 2.24) is 4.90 Å². The number of benzene rings is 1. The quantitative estimate of drug-likeness (QED) is 0.748. The number of morpholine rings is 1. The highest BCUT2D eigenvalue weighted by Crippen LogP contribution is 2.17. The standard InChI is InChI=1S/C16H22FNO4/c1-12-11-21-7-5-18(12)6-8-22-14-4-3-13(15(17)10-14)9-16(19)20-2/h3-4,10,12H,5-9,11H2,1-2H3/t12-/m1/s1. The van der Waals surface area contributed by atoms with Gasteiger partial charge in [0.1, 0.15) is 18.2 Å². The van der Waals surface area contributed by atoms with Crippen molar-refractivity contribution >= 4 is 5.97 Å². The van der Waals surface area contributed by atoms with Crippen LogP contribution in [0.5, 0.6) is 5.75 Å². The predicted octanol–water partition coefficient (Wildman–Crippen LogP) is 1.64. The summed E-state index contributed by atoms with van der Waals surface area (Å²) in [5, 5.41) is 0. The molecule has 0 unspecified atom stereocenters. The highest BCUT2D eigenvalue weighted by molar-refractivity contribution is 5.72. The summed E-state index contributed by atoms with van der Waals surface area (Å²) in [6, 6.07) is 4.90. The van der Waals surface area contributed by atoms with Crippen LogP contribution in [0.1, 0.15) is 12.5 Å². The number of rotatable bonds is 6. The Kier molecular flexibility index (Phi) is 6.15. The monoisotopic (exact) mass is 311 g/mol. The van der Waals surface area contributed by atoms with Crippen LogP contribution in [-0.2, 0) is 20.7 Å². The van der Waals surface area contributed by atoms with Gasteiger partial charge in [-0.25, -0.2) is 4.39 Å². The van der Waals surface area contributed by atoms with Crippen molar-refractivity contribution in [1.29, 1.82) is 0 Å². The van der Waals surface area contributed by atoms with Gasteiger partial charge in [0.15, 0.2) is 0 Å². The third kappa shape index (κ3) is 4.68. The van der Waals surface area contributed by atoms with Crippen molar-refractivity contribution in [3.8, 4) is 5.75 Å². The van der Waals surface area contributed by atoms with Crippen LogP contribution in [-0.4, -0.2) is 56.9 Å². The number of carbonyl (C=O) groups is 1. The lowest BCUT2D eigenvalue weighted by Crippen LogP contribution is -2.45. The van der Waals surface area contributed by atoms with E-state index >= 15 is 0 Å². The predicted molar refractivity (Wildman–Crippen MR) is 79.5 cm³/mol. The Bertz CT molecular complexity index is 509. The summed E-state index contributed by atoms with van der Waals surface area (Å²) < 4.78 is 29.4. The first-order valence-corrected chi connectivity index (χ1v) is 7.40. The summed E-state index contributed by atoms with van der Waals surface area (Å²) in [6.45, 7) is 5.73. The lowest BCUT2D eigenvalue weighted by molar-refractivity contribution is -0.139. The van der Waals surface area contributed by atoms with E-state index in [0.717, 1.165) is 26.3 Å². The Labute approximate surface area is 130 Å². The number of methoxy groups -OCH3 is 1. The molecule has 2 rings (SSSR count). The number of carbonyl (C=O) groups excluding carboxylic acids is 1. The van der Waals surface area contributed by atoms with Gasteiger partial charge in [-0.15, -0.1) is 0 Å². The largest absolute Gasteiger partial charge is 0.492 e. The number of hydrogen-bond donors (Lipinski definition) is 0. The van der Waals surface area contributed by atoms with Gasteiger partial charge in [-0.2, -0.15) is 0 Å². The molecule has 0 saturated carbocycles. The fourth-order valence-corrected chi connectivity index (χ4v) is 2.36. The minimum atomic E-state index is -0.464. The van der Waals surface area contributed by atoms with Gasteiger partial charge >= 0.3 is 5.97 Å². The minimum Gasteiger partial charge on any atom is -0.492 e. The molecule has 0 N–H and O–H groups in total. The minimum absolute atomic E-state index is 0.0755. The summed E-state index contributed by atoms with van der Waals surface area (Å²) >= 11 is 0. The summed E-state index contributed by atoms with van der Waals surface area (Å²) in [5.41, 5.74) is 0.306. The van der Waals surface area contributed by atoms with Crippen molar-refractivity contribution < 1.29 is 23.4 Å². The molecule has 22 heavy (non-hydrogen) atoms. The second-order valence-corrected chi connectivity index (χ2v) is 5.31. The molecule has 1 heterocycles. The molecule has 122 valence electrons. The zero-order valence-corrected chi connectivity index (χ0v) is 13.0. The summed E-state index contributed by atoms with van der Waals surface area (Å²) in [7, 11) is 1.28. The van der Waals surface area contributed by atoms with Gasteiger partial charge in [0, 0.05) is 25.2 Å². The topological polar surface area (TPSA) is 48.0 Å². The van der Waals surface area contributed by atoms with Crippen LogP contribution >= 0.6 is 0 Å². The molecule has 0 aliphatic carbocycles. The molecule has 1 saturated heterocycles. The molecule has 1 aliphatic rings. The maximum Gasteiger partial charge on any atom is 0.310 e. The van der Waals surface area contributed by atoms with Crippen molar-refractivity contribution in [2.45, 2.75) is 19.4 Å². The molecular formula is C16H22FNO4. The van der Waals surface area contributed by atoms with Crippen LogP contribution in [0.4, 0.5) is 4.39 Å². The highest BCUT2D eigenvalue weighted by atomic mass is 19.1. The Morgan fingerprint density at radius 3 is 3.00 bits per heavy atom. The molecule has 1 atom stereocenters. The Morgan fingerprint density at radius 2 is 2.32 bits per heavy atom. The van der Waals surface area contributed by atoms with Gasteiger partial charge in [-0.05, 0) is 18.6 Å². The van der Waals surface area contributed by atoms with Crippen LogP contribution in [0.25, 0.3) is 0 Å². The lowest BCUT2D eigenvalue weighted by Gasteiger charge is -2.32. The molecule has 6 heteroatoms. The normalized spacial score (nSPS) is 19.0. The Balaban J connectivity index is 1.83. The molecule has 1 aliphatic heterocycles. The Morgan fingerprint density at radius 1 is 1.50 bits per heavy atom. The second-order valence-electron chi connectivity index (χ2n) is 5.31. The average Bonchev–Trinajstić information content (AvgIpc) is 2.51. The van der Waals surface area contributed by atoms with Crippen LogP contribution in [0.2, 0.25) is 0 Å². The lowest BCUT2D eigenvalue weighted by atomic mass is 10.1. The third-order valence-corrected chi connectivity index (χ3v) is 3.74. The number of hydrogen-bond acceptors (Lipinski definition) is 5. The van der Waals surface area contributed by atoms with Gasteiger partial charge in [0.05, 0.1) is 26.7 Å². The zero-order valence-electron chi connectivity index (χ0n) is 13.0. The maximum absolute atomic E-state index is 13.9. The van der Waals surface area contributed by atoms with Gasteiger partial charge in [0.25, 0.3) is 0 Å². The SMILES string of the molecule is COC(=O)Cc1ccc(OCCN2CCOC[C@H]2C)cc1F. The smallest absolute Gasteiger partial charge is 0.310 e. The molecule has 0 amide bonds. The maximum atomic E-state index is 13.9. The van der Waals surface area contributed by atoms with Crippen LogP contribution in [0.15, 0.2) is 18.2 Å². The van der Waals surface area contributed by atoms with Crippen LogP contribution in [0.3, 0.4) is 0 Å². The molecule has 0 bridgehead atoms. The first-order chi connectivity index (χ1) is 10.6. The number of halogens is 1. The fraction of sp³-hybridized carbons (Fsp3) is 0.562. The van der Waals surface area contributed by atoms with E-state index in [-0.39, 0.29) is 6.42 Å². The number of nitrogens with zero attached hydrogens (tertiary/aromatic N) is 1. The van der Waals surface area contributed by atoms with Gasteiger partial charge in [-0.3, -0.25) is 9.69 Å². The summed E-state index contributed by atoms with van der Waals surface area (Å²) in [4.78, 5) is 13.4. The van der Waals surface area contributed by atoms with Crippen molar-refractivity contribution in [3.05, 3.63) is 29.6 Å².